The van der Waals surface area contributed by atoms with Crippen LogP contribution in [0.2, 0.25) is 0 Å². The standard InChI is InChI=1S/C15H18O5/c1-3-20-15(17)14(16)5-4-10-19-11-12-6-8-13(18-2)9-7-12/h4-9H,3,10-11H2,1-2H3/b5-4+. The molecule has 0 aliphatic rings. The molecule has 0 saturated carbocycles. The molecule has 0 aromatic heterocycles. The van der Waals surface area contributed by atoms with Gasteiger partial charge in [0.2, 0.25) is 0 Å². The van der Waals surface area contributed by atoms with Crippen molar-refractivity contribution in [3.8, 4) is 5.75 Å². The highest BCUT2D eigenvalue weighted by molar-refractivity contribution is 6.38. The summed E-state index contributed by atoms with van der Waals surface area (Å²) in [5.74, 6) is -0.743. The molecule has 5 nitrogen and oxygen atoms in total. The Morgan fingerprint density at radius 2 is 1.90 bits per heavy atom. The van der Waals surface area contributed by atoms with Gasteiger partial charge < -0.3 is 14.2 Å². The molecule has 0 fully saturated rings. The van der Waals surface area contributed by atoms with Crippen LogP contribution in [-0.2, 0) is 25.7 Å². The van der Waals surface area contributed by atoms with Crippen molar-refractivity contribution in [3.63, 3.8) is 0 Å². The third-order valence-corrected chi connectivity index (χ3v) is 2.39. The molecule has 0 unspecified atom stereocenters. The monoisotopic (exact) mass is 278 g/mol. The summed E-state index contributed by atoms with van der Waals surface area (Å²) in [4.78, 5) is 22.2. The van der Waals surface area contributed by atoms with Gasteiger partial charge in [-0.2, -0.15) is 0 Å². The zero-order valence-electron chi connectivity index (χ0n) is 11.6. The molecule has 0 atom stereocenters. The summed E-state index contributed by atoms with van der Waals surface area (Å²) >= 11 is 0. The fourth-order valence-electron chi connectivity index (χ4n) is 1.39. The van der Waals surface area contributed by atoms with Crippen molar-refractivity contribution in [2.75, 3.05) is 20.3 Å². The Kier molecular flexibility index (Phi) is 7.06. The molecule has 108 valence electrons. The van der Waals surface area contributed by atoms with Gasteiger partial charge in [-0.25, -0.2) is 4.79 Å². The molecule has 1 aromatic rings. The van der Waals surface area contributed by atoms with Gasteiger partial charge in [0.25, 0.3) is 5.78 Å². The number of carbonyl (C=O) groups excluding carboxylic acids is 2. The number of methoxy groups -OCH3 is 1. The molecule has 0 spiro atoms. The summed E-state index contributed by atoms with van der Waals surface area (Å²) in [7, 11) is 1.61. The molecule has 0 aliphatic heterocycles. The van der Waals surface area contributed by atoms with Gasteiger partial charge in [0.05, 0.1) is 26.9 Å². The summed E-state index contributed by atoms with van der Waals surface area (Å²) in [6.45, 7) is 2.50. The molecule has 0 N–H and O–H groups in total. The van der Waals surface area contributed by atoms with E-state index in [2.05, 4.69) is 4.74 Å². The maximum Gasteiger partial charge on any atom is 0.378 e. The Labute approximate surface area is 118 Å². The number of carbonyl (C=O) groups is 2. The minimum absolute atomic E-state index is 0.187. The Morgan fingerprint density at radius 1 is 1.20 bits per heavy atom. The molecule has 0 saturated heterocycles. The average Bonchev–Trinajstić information content (AvgIpc) is 2.47. The van der Waals surface area contributed by atoms with Gasteiger partial charge in [0, 0.05) is 0 Å². The van der Waals surface area contributed by atoms with Crippen molar-refractivity contribution in [3.05, 3.63) is 42.0 Å². The minimum Gasteiger partial charge on any atom is -0.497 e. The van der Waals surface area contributed by atoms with Gasteiger partial charge in [-0.15, -0.1) is 0 Å². The normalized spacial score (nSPS) is 10.5. The summed E-state index contributed by atoms with van der Waals surface area (Å²) in [6.07, 6.45) is 2.65. The highest BCUT2D eigenvalue weighted by Gasteiger charge is 2.09. The first-order valence-corrected chi connectivity index (χ1v) is 6.25. The lowest BCUT2D eigenvalue weighted by Gasteiger charge is -2.03. The first-order chi connectivity index (χ1) is 9.67. The fraction of sp³-hybridized carbons (Fsp3) is 0.333. The van der Waals surface area contributed by atoms with Crippen molar-refractivity contribution >= 4 is 11.8 Å². The van der Waals surface area contributed by atoms with E-state index >= 15 is 0 Å². The molecule has 0 aliphatic carbocycles. The van der Waals surface area contributed by atoms with Crippen LogP contribution in [-0.4, -0.2) is 32.1 Å². The summed E-state index contributed by atoms with van der Waals surface area (Å²) in [5, 5.41) is 0. The first kappa shape index (κ1) is 15.9. The SMILES string of the molecule is CCOC(=O)C(=O)/C=C/COCc1ccc(OC)cc1. The van der Waals surface area contributed by atoms with Crippen molar-refractivity contribution < 1.29 is 23.8 Å². The molecule has 1 aromatic carbocycles. The highest BCUT2D eigenvalue weighted by Crippen LogP contribution is 2.11. The van der Waals surface area contributed by atoms with Gasteiger partial charge in [-0.1, -0.05) is 18.2 Å². The number of ether oxygens (including phenoxy) is 3. The molecule has 0 bridgehead atoms. The number of hydrogen-bond acceptors (Lipinski definition) is 5. The molecule has 0 heterocycles. The quantitative estimate of drug-likeness (QED) is 0.314. The number of rotatable bonds is 8. The highest BCUT2D eigenvalue weighted by atomic mass is 16.5. The van der Waals surface area contributed by atoms with E-state index < -0.39 is 11.8 Å². The number of ketones is 1. The van der Waals surface area contributed by atoms with E-state index in [0.717, 1.165) is 17.4 Å². The molecule has 20 heavy (non-hydrogen) atoms. The Hall–Kier alpha value is -2.14. The predicted octanol–water partition coefficient (Wildman–Crippen LogP) is 1.90. The smallest absolute Gasteiger partial charge is 0.378 e. The van der Waals surface area contributed by atoms with Crippen LogP contribution in [0.5, 0.6) is 5.75 Å². The average molecular weight is 278 g/mol. The van der Waals surface area contributed by atoms with Gasteiger partial charge in [-0.3, -0.25) is 4.79 Å². The third kappa shape index (κ3) is 5.67. The van der Waals surface area contributed by atoms with Gasteiger partial charge in [0.1, 0.15) is 5.75 Å². The molecule has 0 amide bonds. The Balaban J connectivity index is 2.27. The summed E-state index contributed by atoms with van der Waals surface area (Å²) in [5.41, 5.74) is 0.996. The second-order valence-electron chi connectivity index (χ2n) is 3.85. The van der Waals surface area contributed by atoms with Crippen molar-refractivity contribution in [1.82, 2.24) is 0 Å². The van der Waals surface area contributed by atoms with Crippen LogP contribution >= 0.6 is 0 Å². The van der Waals surface area contributed by atoms with Gasteiger partial charge in [0.15, 0.2) is 0 Å². The molecular weight excluding hydrogens is 260 g/mol. The maximum atomic E-state index is 11.2. The second-order valence-corrected chi connectivity index (χ2v) is 3.85. The van der Waals surface area contributed by atoms with Crippen LogP contribution in [0.15, 0.2) is 36.4 Å². The number of hydrogen-bond donors (Lipinski definition) is 0. The molecule has 1 rings (SSSR count). The van der Waals surface area contributed by atoms with E-state index in [0.29, 0.717) is 6.61 Å². The van der Waals surface area contributed by atoms with E-state index in [9.17, 15) is 9.59 Å². The van der Waals surface area contributed by atoms with Crippen molar-refractivity contribution in [2.45, 2.75) is 13.5 Å². The van der Waals surface area contributed by atoms with Crippen LogP contribution < -0.4 is 4.74 Å². The summed E-state index contributed by atoms with van der Waals surface area (Å²) < 4.78 is 15.0. The second kappa shape index (κ2) is 8.87. The van der Waals surface area contributed by atoms with Crippen molar-refractivity contribution in [1.29, 1.82) is 0 Å². The van der Waals surface area contributed by atoms with Crippen LogP contribution in [0, 0.1) is 0 Å². The van der Waals surface area contributed by atoms with E-state index in [4.69, 9.17) is 9.47 Å². The van der Waals surface area contributed by atoms with Crippen LogP contribution in [0.25, 0.3) is 0 Å². The minimum atomic E-state index is -0.848. The lowest BCUT2D eigenvalue weighted by Crippen LogP contribution is -2.14. The zero-order chi connectivity index (χ0) is 14.8. The summed E-state index contributed by atoms with van der Waals surface area (Å²) in [6, 6.07) is 7.48. The van der Waals surface area contributed by atoms with E-state index in [-0.39, 0.29) is 13.2 Å². The van der Waals surface area contributed by atoms with E-state index in [1.807, 2.05) is 24.3 Å². The largest absolute Gasteiger partial charge is 0.497 e. The van der Waals surface area contributed by atoms with E-state index in [1.165, 1.54) is 6.08 Å². The fourth-order valence-corrected chi connectivity index (χ4v) is 1.39. The van der Waals surface area contributed by atoms with Gasteiger partial charge >= 0.3 is 5.97 Å². The van der Waals surface area contributed by atoms with E-state index in [1.54, 1.807) is 14.0 Å². The first-order valence-electron chi connectivity index (χ1n) is 6.25. The topological polar surface area (TPSA) is 61.8 Å². The third-order valence-electron chi connectivity index (χ3n) is 2.39. The maximum absolute atomic E-state index is 11.2. The zero-order valence-corrected chi connectivity index (χ0v) is 11.6. The lowest BCUT2D eigenvalue weighted by molar-refractivity contribution is -0.151. The predicted molar refractivity (Wildman–Crippen MR) is 73.4 cm³/mol. The van der Waals surface area contributed by atoms with Crippen LogP contribution in [0.1, 0.15) is 12.5 Å². The Morgan fingerprint density at radius 3 is 2.50 bits per heavy atom. The van der Waals surface area contributed by atoms with Gasteiger partial charge in [-0.05, 0) is 30.7 Å². The molecule has 5 heteroatoms. The van der Waals surface area contributed by atoms with Crippen LogP contribution in [0.3, 0.4) is 0 Å². The Bertz CT molecular complexity index is 462. The lowest BCUT2D eigenvalue weighted by atomic mass is 10.2. The number of benzene rings is 1. The van der Waals surface area contributed by atoms with Crippen LogP contribution in [0.4, 0.5) is 0 Å². The van der Waals surface area contributed by atoms with Crippen molar-refractivity contribution in [2.24, 2.45) is 0 Å². The number of esters is 1. The molecule has 0 radical (unpaired) electrons. The molecular formula is C15H18O5.